The maximum atomic E-state index is 13.8. The van der Waals surface area contributed by atoms with Crippen molar-refractivity contribution in [2.45, 2.75) is 5.16 Å². The van der Waals surface area contributed by atoms with Crippen molar-refractivity contribution in [1.82, 2.24) is 14.5 Å². The predicted molar refractivity (Wildman–Crippen MR) is 129 cm³/mol. The van der Waals surface area contributed by atoms with Crippen LogP contribution in [0.3, 0.4) is 0 Å². The Morgan fingerprint density at radius 3 is 2.44 bits per heavy atom. The van der Waals surface area contributed by atoms with E-state index in [-0.39, 0.29) is 17.2 Å². The van der Waals surface area contributed by atoms with E-state index < -0.39 is 0 Å². The molecule has 1 fully saturated rings. The smallest absolute Gasteiger partial charge is 0.268 e. The fourth-order valence-electron chi connectivity index (χ4n) is 3.73. The summed E-state index contributed by atoms with van der Waals surface area (Å²) in [4.78, 5) is 33.8. The van der Waals surface area contributed by atoms with Gasteiger partial charge in [0.1, 0.15) is 4.83 Å². The Bertz CT molecular complexity index is 1300. The van der Waals surface area contributed by atoms with Crippen molar-refractivity contribution in [3.63, 3.8) is 0 Å². The molecule has 1 saturated heterocycles. The van der Waals surface area contributed by atoms with Gasteiger partial charge in [0, 0.05) is 24.0 Å². The lowest BCUT2D eigenvalue weighted by Crippen LogP contribution is -2.41. The Balaban J connectivity index is 1.58. The van der Waals surface area contributed by atoms with Crippen LogP contribution in [0.15, 0.2) is 76.0 Å². The number of aromatic nitrogens is 2. The van der Waals surface area contributed by atoms with Crippen molar-refractivity contribution >= 4 is 39.2 Å². The lowest BCUT2D eigenvalue weighted by Gasteiger charge is -2.26. The zero-order valence-corrected chi connectivity index (χ0v) is 18.9. The quantitative estimate of drug-likeness (QED) is 0.330. The molecule has 0 saturated carbocycles. The number of hydrogen-bond donors (Lipinski definition) is 0. The maximum Gasteiger partial charge on any atom is 0.268 e. The number of nitrogens with zero attached hydrogens (tertiary/aromatic N) is 3. The summed E-state index contributed by atoms with van der Waals surface area (Å²) < 4.78 is 6.96. The van der Waals surface area contributed by atoms with Gasteiger partial charge in [0.15, 0.2) is 5.16 Å². The van der Waals surface area contributed by atoms with E-state index in [2.05, 4.69) is 0 Å². The Morgan fingerprint density at radius 2 is 1.72 bits per heavy atom. The first-order chi connectivity index (χ1) is 15.7. The Hall–Kier alpha value is -2.94. The summed E-state index contributed by atoms with van der Waals surface area (Å²) in [6, 6.07) is 19.3. The molecule has 0 atom stereocenters. The molecule has 162 valence electrons. The molecule has 1 aliphatic rings. The van der Waals surface area contributed by atoms with Gasteiger partial charge in [0.05, 0.1) is 30.0 Å². The van der Waals surface area contributed by atoms with Crippen LogP contribution in [0.2, 0.25) is 0 Å². The molecule has 0 aliphatic carbocycles. The minimum atomic E-state index is -0.123. The molecular weight excluding hydrogens is 442 g/mol. The van der Waals surface area contributed by atoms with Crippen LogP contribution in [-0.4, -0.2) is 52.4 Å². The summed E-state index contributed by atoms with van der Waals surface area (Å²) in [5, 5.41) is 3.11. The molecule has 6 nitrogen and oxygen atoms in total. The van der Waals surface area contributed by atoms with Crippen LogP contribution in [0.1, 0.15) is 0 Å². The zero-order valence-electron chi connectivity index (χ0n) is 17.3. The molecule has 4 aromatic rings. The Morgan fingerprint density at radius 1 is 1.03 bits per heavy atom. The van der Waals surface area contributed by atoms with Gasteiger partial charge in [-0.15, -0.1) is 11.3 Å². The largest absolute Gasteiger partial charge is 0.378 e. The topological polar surface area (TPSA) is 64.4 Å². The van der Waals surface area contributed by atoms with Crippen molar-refractivity contribution in [2.24, 2.45) is 0 Å². The first-order valence-electron chi connectivity index (χ1n) is 10.4. The van der Waals surface area contributed by atoms with E-state index in [1.807, 2.05) is 66.0 Å². The lowest BCUT2D eigenvalue weighted by atomic mass is 10.1. The highest BCUT2D eigenvalue weighted by Gasteiger charge is 2.21. The summed E-state index contributed by atoms with van der Waals surface area (Å²) in [6.07, 6.45) is 0. The van der Waals surface area contributed by atoms with Crippen molar-refractivity contribution in [3.05, 3.63) is 76.4 Å². The fourth-order valence-corrected chi connectivity index (χ4v) is 5.64. The van der Waals surface area contributed by atoms with E-state index in [0.29, 0.717) is 41.7 Å². The van der Waals surface area contributed by atoms with Crippen molar-refractivity contribution < 1.29 is 9.53 Å². The van der Waals surface area contributed by atoms with Crippen LogP contribution >= 0.6 is 23.1 Å². The number of para-hydroxylation sites is 1. The number of amides is 1. The summed E-state index contributed by atoms with van der Waals surface area (Å²) in [6.45, 7) is 2.32. The number of thiophene rings is 1. The number of carbonyl (C=O) groups is 1. The van der Waals surface area contributed by atoms with Gasteiger partial charge in [-0.25, -0.2) is 4.98 Å². The highest BCUT2D eigenvalue weighted by molar-refractivity contribution is 7.99. The second-order valence-corrected chi connectivity index (χ2v) is 9.15. The SMILES string of the molecule is O=C(CSc1nc2scc(-c3ccccc3)c2c(=O)n1-c1ccccc1)N1CCOCC1. The lowest BCUT2D eigenvalue weighted by molar-refractivity contribution is -0.132. The summed E-state index contributed by atoms with van der Waals surface area (Å²) in [7, 11) is 0. The second-order valence-electron chi connectivity index (χ2n) is 7.35. The van der Waals surface area contributed by atoms with Gasteiger partial charge in [0.2, 0.25) is 5.91 Å². The van der Waals surface area contributed by atoms with Crippen LogP contribution in [0.4, 0.5) is 0 Å². The molecule has 3 heterocycles. The third kappa shape index (κ3) is 4.09. The van der Waals surface area contributed by atoms with E-state index in [0.717, 1.165) is 16.8 Å². The third-order valence-corrected chi connectivity index (χ3v) is 7.16. The summed E-state index contributed by atoms with van der Waals surface area (Å²) >= 11 is 2.76. The molecule has 2 aromatic carbocycles. The van der Waals surface area contributed by atoms with Gasteiger partial charge in [-0.1, -0.05) is 60.3 Å². The van der Waals surface area contributed by atoms with Gasteiger partial charge >= 0.3 is 0 Å². The number of rotatable bonds is 5. The molecule has 0 spiro atoms. The molecule has 5 rings (SSSR count). The number of morpholine rings is 1. The van der Waals surface area contributed by atoms with Crippen molar-refractivity contribution in [3.8, 4) is 16.8 Å². The average molecular weight is 464 g/mol. The number of benzene rings is 2. The summed E-state index contributed by atoms with van der Waals surface area (Å²) in [5.74, 6) is 0.255. The molecule has 0 N–H and O–H groups in total. The number of hydrogen-bond acceptors (Lipinski definition) is 6. The van der Waals surface area contributed by atoms with Gasteiger partial charge in [-0.05, 0) is 17.7 Å². The molecule has 0 bridgehead atoms. The third-order valence-electron chi connectivity index (χ3n) is 5.36. The minimum Gasteiger partial charge on any atom is -0.378 e. The molecule has 2 aromatic heterocycles. The predicted octanol–water partition coefficient (Wildman–Crippen LogP) is 4.07. The number of thioether (sulfide) groups is 1. The highest BCUT2D eigenvalue weighted by atomic mass is 32.2. The van der Waals surface area contributed by atoms with Crippen molar-refractivity contribution in [1.29, 1.82) is 0 Å². The number of carbonyl (C=O) groups excluding carboxylic acids is 1. The Kier molecular flexibility index (Phi) is 6.07. The summed E-state index contributed by atoms with van der Waals surface area (Å²) in [5.41, 5.74) is 2.48. The second kappa shape index (κ2) is 9.28. The standard InChI is InChI=1S/C24H21N3O3S2/c28-20(26-11-13-30-14-12-26)16-32-24-25-22-21(19(15-31-22)17-7-3-1-4-8-17)23(29)27(24)18-9-5-2-6-10-18/h1-10,15H,11-14,16H2. The van der Waals surface area contributed by atoms with Gasteiger partial charge in [0.25, 0.3) is 5.56 Å². The molecule has 0 radical (unpaired) electrons. The fraction of sp³-hybridized carbons (Fsp3) is 0.208. The van der Waals surface area contributed by atoms with Crippen LogP contribution in [0.5, 0.6) is 0 Å². The Labute approximate surface area is 193 Å². The van der Waals surface area contributed by atoms with Crippen LogP contribution < -0.4 is 5.56 Å². The van der Waals surface area contributed by atoms with Crippen LogP contribution in [0, 0.1) is 0 Å². The van der Waals surface area contributed by atoms with E-state index >= 15 is 0 Å². The molecular formula is C24H21N3O3S2. The monoisotopic (exact) mass is 463 g/mol. The number of ether oxygens (including phenoxy) is 1. The van der Waals surface area contributed by atoms with E-state index in [4.69, 9.17) is 9.72 Å². The van der Waals surface area contributed by atoms with Gasteiger partial charge < -0.3 is 9.64 Å². The molecule has 0 unspecified atom stereocenters. The average Bonchev–Trinajstić information content (AvgIpc) is 3.28. The van der Waals surface area contributed by atoms with Crippen molar-refractivity contribution in [2.75, 3.05) is 32.1 Å². The number of fused-ring (bicyclic) bond motifs is 1. The van der Waals surface area contributed by atoms with Crippen LogP contribution in [0.25, 0.3) is 27.0 Å². The van der Waals surface area contributed by atoms with E-state index in [1.165, 1.54) is 23.1 Å². The van der Waals surface area contributed by atoms with E-state index in [1.54, 1.807) is 9.47 Å². The molecule has 8 heteroatoms. The first kappa shape index (κ1) is 20.9. The van der Waals surface area contributed by atoms with Gasteiger partial charge in [-0.3, -0.25) is 14.2 Å². The van der Waals surface area contributed by atoms with E-state index in [9.17, 15) is 9.59 Å². The highest BCUT2D eigenvalue weighted by Crippen LogP contribution is 2.32. The molecule has 32 heavy (non-hydrogen) atoms. The minimum absolute atomic E-state index is 0.0309. The maximum absolute atomic E-state index is 13.8. The molecule has 1 aliphatic heterocycles. The zero-order chi connectivity index (χ0) is 21.9. The van der Waals surface area contributed by atoms with Gasteiger partial charge in [-0.2, -0.15) is 0 Å². The normalized spacial score (nSPS) is 14.1. The molecule has 1 amide bonds. The van der Waals surface area contributed by atoms with Crippen LogP contribution in [-0.2, 0) is 9.53 Å². The first-order valence-corrected chi connectivity index (χ1v) is 12.2.